The third-order valence-electron chi connectivity index (χ3n) is 8.73. The number of nitrogens with zero attached hydrogens (tertiary/aromatic N) is 2. The van der Waals surface area contributed by atoms with Crippen LogP contribution in [-0.2, 0) is 13.0 Å². The fraction of sp³-hybridized carbons (Fsp3) is 0.270. The molecule has 0 saturated heterocycles. The number of rotatable bonds is 5. The van der Waals surface area contributed by atoms with Crippen molar-refractivity contribution in [3.05, 3.63) is 117 Å². The zero-order chi connectivity index (χ0) is 28.1. The molecule has 0 fully saturated rings. The summed E-state index contributed by atoms with van der Waals surface area (Å²) in [6.07, 6.45) is 12.8. The third-order valence-corrected chi connectivity index (χ3v) is 11.0. The van der Waals surface area contributed by atoms with Gasteiger partial charge in [-0.1, -0.05) is 97.6 Å². The number of hydrogen-bond donors (Lipinski definition) is 0. The molecule has 0 saturated carbocycles. The van der Waals surface area contributed by atoms with Crippen LogP contribution >= 0.6 is 23.1 Å². The Morgan fingerprint density at radius 3 is 2.66 bits per heavy atom. The molecule has 41 heavy (non-hydrogen) atoms. The van der Waals surface area contributed by atoms with Crippen LogP contribution in [0.2, 0.25) is 0 Å². The van der Waals surface area contributed by atoms with Gasteiger partial charge in [-0.2, -0.15) is 4.57 Å². The highest BCUT2D eigenvalue weighted by molar-refractivity contribution is 8.03. The second-order valence-corrected chi connectivity index (χ2v) is 14.3. The van der Waals surface area contributed by atoms with E-state index in [1.54, 1.807) is 0 Å². The topological polar surface area (TPSA) is 7.12 Å². The minimum absolute atomic E-state index is 0.231. The number of allylic oxidation sites excluding steroid dienone is 6. The average Bonchev–Trinajstić information content (AvgIpc) is 3.66. The van der Waals surface area contributed by atoms with Gasteiger partial charge >= 0.3 is 0 Å². The zero-order valence-electron chi connectivity index (χ0n) is 24.4. The summed E-state index contributed by atoms with van der Waals surface area (Å²) in [7, 11) is 0. The fourth-order valence-electron chi connectivity index (χ4n) is 6.66. The molecular formula is C37H37N2S2+. The van der Waals surface area contributed by atoms with Gasteiger partial charge in [-0.3, -0.25) is 0 Å². The summed E-state index contributed by atoms with van der Waals surface area (Å²) in [5.74, 6) is 0. The predicted octanol–water partition coefficient (Wildman–Crippen LogP) is 9.96. The van der Waals surface area contributed by atoms with Crippen molar-refractivity contribution < 1.29 is 4.57 Å². The maximum absolute atomic E-state index is 2.51. The summed E-state index contributed by atoms with van der Waals surface area (Å²) in [5.41, 5.74) is 11.4. The molecule has 2 nitrogen and oxygen atoms in total. The van der Waals surface area contributed by atoms with Crippen molar-refractivity contribution in [3.8, 4) is 11.1 Å². The van der Waals surface area contributed by atoms with Crippen molar-refractivity contribution >= 4 is 45.1 Å². The molecule has 3 aromatic carbocycles. The van der Waals surface area contributed by atoms with Gasteiger partial charge in [-0.05, 0) is 84.2 Å². The van der Waals surface area contributed by atoms with Gasteiger partial charge in [0, 0.05) is 29.5 Å². The summed E-state index contributed by atoms with van der Waals surface area (Å²) in [5, 5.41) is 2.70. The summed E-state index contributed by atoms with van der Waals surface area (Å²) in [4.78, 5) is 3.84. The van der Waals surface area contributed by atoms with Crippen LogP contribution in [0.5, 0.6) is 0 Å². The summed E-state index contributed by atoms with van der Waals surface area (Å²) >= 11 is 3.83. The van der Waals surface area contributed by atoms with E-state index in [4.69, 9.17) is 0 Å². The monoisotopic (exact) mass is 573 g/mol. The van der Waals surface area contributed by atoms with Gasteiger partial charge < -0.3 is 4.90 Å². The molecule has 1 aliphatic carbocycles. The predicted molar refractivity (Wildman–Crippen MR) is 177 cm³/mol. The molecule has 0 radical (unpaired) electrons. The number of aryl methyl sites for hydroxylation is 2. The maximum atomic E-state index is 2.51. The number of hydrogen-bond acceptors (Lipinski definition) is 3. The lowest BCUT2D eigenvalue weighted by atomic mass is 9.72. The quantitative estimate of drug-likeness (QED) is 0.219. The normalized spacial score (nSPS) is 19.9. The minimum Gasteiger partial charge on any atom is -0.335 e. The van der Waals surface area contributed by atoms with Gasteiger partial charge in [-0.25, -0.2) is 0 Å². The van der Waals surface area contributed by atoms with E-state index in [0.717, 1.165) is 32.4 Å². The van der Waals surface area contributed by atoms with Crippen LogP contribution in [0.1, 0.15) is 51.1 Å². The number of para-hydroxylation sites is 1. The number of anilines is 1. The first kappa shape index (κ1) is 26.6. The summed E-state index contributed by atoms with van der Waals surface area (Å²) in [6, 6.07) is 24.4. The van der Waals surface area contributed by atoms with Crippen molar-refractivity contribution in [2.75, 3.05) is 11.4 Å². The Hall–Kier alpha value is -3.34. The van der Waals surface area contributed by atoms with Crippen molar-refractivity contribution in [1.29, 1.82) is 0 Å². The lowest BCUT2D eigenvalue weighted by molar-refractivity contribution is -0.661. The smallest absolute Gasteiger partial charge is 0.262 e. The van der Waals surface area contributed by atoms with Gasteiger partial charge in [0.1, 0.15) is 4.70 Å². The van der Waals surface area contributed by atoms with Crippen LogP contribution in [0, 0.1) is 5.41 Å². The average molecular weight is 574 g/mol. The van der Waals surface area contributed by atoms with E-state index in [0.29, 0.717) is 0 Å². The molecule has 4 heteroatoms. The molecule has 1 aromatic heterocycles. The molecule has 7 rings (SSSR count). The van der Waals surface area contributed by atoms with Gasteiger partial charge in [-0.15, -0.1) is 0 Å². The Kier molecular flexibility index (Phi) is 6.79. The molecule has 2 aliphatic heterocycles. The maximum Gasteiger partial charge on any atom is 0.262 e. The van der Waals surface area contributed by atoms with Gasteiger partial charge in [0.25, 0.3) is 5.01 Å². The van der Waals surface area contributed by atoms with Crippen molar-refractivity contribution in [2.24, 2.45) is 5.41 Å². The van der Waals surface area contributed by atoms with E-state index in [1.165, 1.54) is 64.2 Å². The number of aromatic nitrogens is 1. The Labute approximate surface area is 252 Å². The summed E-state index contributed by atoms with van der Waals surface area (Å²) in [6.45, 7) is 11.5. The molecule has 206 valence electrons. The first-order valence-corrected chi connectivity index (χ1v) is 16.4. The molecular weight excluding hydrogens is 537 g/mol. The second kappa shape index (κ2) is 10.5. The van der Waals surface area contributed by atoms with Crippen LogP contribution in [-0.4, -0.2) is 6.54 Å². The highest BCUT2D eigenvalue weighted by atomic mass is 32.2. The van der Waals surface area contributed by atoms with E-state index in [9.17, 15) is 0 Å². The van der Waals surface area contributed by atoms with Crippen LogP contribution in [0.15, 0.2) is 112 Å². The zero-order valence-corrected chi connectivity index (χ0v) is 26.0. The SMILES string of the molecule is CCN1C(=CC2=C(C)C(=CC=Cc3sc4cccc5c4[n+]3CC5)CC(C)(C)C2)Sc2ccc(-c3ccccc3)cc21. The van der Waals surface area contributed by atoms with Gasteiger partial charge in [0.15, 0.2) is 6.54 Å². The molecule has 0 spiro atoms. The highest BCUT2D eigenvalue weighted by Gasteiger charge is 2.31. The number of benzene rings is 3. The lowest BCUT2D eigenvalue weighted by Crippen LogP contribution is -2.31. The van der Waals surface area contributed by atoms with Gasteiger partial charge in [0.2, 0.25) is 5.52 Å². The standard InChI is InChI=1S/C37H37N2S2/c1-5-38-31-21-28(26-11-7-6-8-12-26)17-18-32(31)40-35(38)22-30-24-37(3,4)23-29(25(30)2)14-10-16-34-39-20-19-27-13-9-15-33(41-34)36(27)39/h6-18,21-22H,5,19-20,23-24H2,1-4H3/q+1. The second-order valence-electron chi connectivity index (χ2n) is 12.2. The van der Waals surface area contributed by atoms with E-state index < -0.39 is 0 Å². The fourth-order valence-corrected chi connectivity index (χ4v) is 8.99. The van der Waals surface area contributed by atoms with Crippen molar-refractivity contribution in [1.82, 2.24) is 0 Å². The number of thiazole rings is 1. The Balaban J connectivity index is 1.20. The van der Waals surface area contributed by atoms with Crippen LogP contribution < -0.4 is 9.47 Å². The summed E-state index contributed by atoms with van der Waals surface area (Å²) < 4.78 is 3.91. The molecule has 0 unspecified atom stereocenters. The molecule has 0 bridgehead atoms. The molecule has 3 aliphatic rings. The first-order chi connectivity index (χ1) is 19.9. The van der Waals surface area contributed by atoms with E-state index in [-0.39, 0.29) is 5.41 Å². The number of fused-ring (bicyclic) bond motifs is 1. The Morgan fingerprint density at radius 1 is 0.976 bits per heavy atom. The van der Waals surface area contributed by atoms with Gasteiger partial charge in [0.05, 0.1) is 10.7 Å². The highest BCUT2D eigenvalue weighted by Crippen LogP contribution is 2.49. The minimum atomic E-state index is 0.231. The van der Waals surface area contributed by atoms with E-state index >= 15 is 0 Å². The Morgan fingerprint density at radius 2 is 1.83 bits per heavy atom. The van der Waals surface area contributed by atoms with Crippen molar-refractivity contribution in [3.63, 3.8) is 0 Å². The number of thioether (sulfide) groups is 1. The van der Waals surface area contributed by atoms with Crippen molar-refractivity contribution in [2.45, 2.75) is 58.4 Å². The Bertz CT molecular complexity index is 1780. The van der Waals surface area contributed by atoms with Crippen LogP contribution in [0.3, 0.4) is 0 Å². The molecule has 0 N–H and O–H groups in total. The van der Waals surface area contributed by atoms with Crippen LogP contribution in [0.4, 0.5) is 5.69 Å². The first-order valence-electron chi connectivity index (χ1n) is 14.8. The van der Waals surface area contributed by atoms with E-state index in [1.807, 2.05) is 23.1 Å². The molecule has 0 atom stereocenters. The molecule has 0 amide bonds. The third kappa shape index (κ3) is 4.91. The largest absolute Gasteiger partial charge is 0.335 e. The lowest BCUT2D eigenvalue weighted by Gasteiger charge is -2.34. The molecule has 3 heterocycles. The van der Waals surface area contributed by atoms with E-state index in [2.05, 4.69) is 128 Å². The molecule has 4 aromatic rings. The van der Waals surface area contributed by atoms with Crippen LogP contribution in [0.25, 0.3) is 27.4 Å².